The van der Waals surface area contributed by atoms with Gasteiger partial charge in [0.15, 0.2) is 10.9 Å². The molecule has 1 N–H and O–H groups in total. The van der Waals surface area contributed by atoms with Crippen molar-refractivity contribution < 1.29 is 26.8 Å². The lowest BCUT2D eigenvalue weighted by atomic mass is 10.2. The van der Waals surface area contributed by atoms with Gasteiger partial charge in [-0.2, -0.15) is 13.2 Å². The van der Waals surface area contributed by atoms with Crippen LogP contribution in [0.4, 0.5) is 17.6 Å². The highest BCUT2D eigenvalue weighted by Gasteiger charge is 2.34. The van der Waals surface area contributed by atoms with Crippen molar-refractivity contribution in [3.05, 3.63) is 65.8 Å². The number of carbonyl (C=O) groups is 1. The average Bonchev–Trinajstić information content (AvgIpc) is 3.21. The third-order valence-corrected chi connectivity index (χ3v) is 4.61. The van der Waals surface area contributed by atoms with E-state index in [0.717, 1.165) is 17.8 Å². The SMILES string of the molecule is O=C(CCSc1nc(-c2ccco2)cc(C(F)(F)F)n1)NCc1ccccc1F. The number of halogens is 4. The average molecular weight is 425 g/mol. The van der Waals surface area contributed by atoms with Crippen molar-refractivity contribution in [2.24, 2.45) is 0 Å². The number of nitrogens with zero attached hydrogens (tertiary/aromatic N) is 2. The molecular weight excluding hydrogens is 410 g/mol. The highest BCUT2D eigenvalue weighted by Crippen LogP contribution is 2.32. The van der Waals surface area contributed by atoms with Crippen LogP contribution < -0.4 is 5.32 Å². The Morgan fingerprint density at radius 3 is 2.62 bits per heavy atom. The molecule has 5 nitrogen and oxygen atoms in total. The minimum absolute atomic E-state index is 0.00355. The second-order valence-corrected chi connectivity index (χ2v) is 6.92. The van der Waals surface area contributed by atoms with Crippen molar-refractivity contribution in [1.29, 1.82) is 0 Å². The Kier molecular flexibility index (Phi) is 6.53. The molecule has 0 saturated carbocycles. The Balaban J connectivity index is 1.60. The van der Waals surface area contributed by atoms with E-state index < -0.39 is 17.7 Å². The first-order valence-corrected chi connectivity index (χ1v) is 9.44. The standard InChI is InChI=1S/C19H15F4N3O2S/c20-13-5-2-1-4-12(13)11-24-17(27)7-9-29-18-25-14(15-6-3-8-28-15)10-16(26-18)19(21,22)23/h1-6,8,10H,7,9,11H2,(H,24,27). The van der Waals surface area contributed by atoms with E-state index in [2.05, 4.69) is 15.3 Å². The van der Waals surface area contributed by atoms with Crippen LogP contribution in [-0.4, -0.2) is 21.6 Å². The Labute approximate surface area is 167 Å². The summed E-state index contributed by atoms with van der Waals surface area (Å²) in [5.74, 6) is -0.450. The van der Waals surface area contributed by atoms with Crippen molar-refractivity contribution in [3.8, 4) is 11.5 Å². The number of benzene rings is 1. The molecule has 1 aromatic carbocycles. The van der Waals surface area contributed by atoms with Gasteiger partial charge in [0.2, 0.25) is 5.91 Å². The smallest absolute Gasteiger partial charge is 0.433 e. The van der Waals surface area contributed by atoms with Crippen LogP contribution in [0.2, 0.25) is 0 Å². The maximum Gasteiger partial charge on any atom is 0.433 e. The minimum atomic E-state index is -4.64. The topological polar surface area (TPSA) is 68.0 Å². The van der Waals surface area contributed by atoms with Crippen LogP contribution in [0.1, 0.15) is 17.7 Å². The molecule has 10 heteroatoms. The van der Waals surface area contributed by atoms with E-state index in [4.69, 9.17) is 4.42 Å². The summed E-state index contributed by atoms with van der Waals surface area (Å²) >= 11 is 0.916. The van der Waals surface area contributed by atoms with Gasteiger partial charge in [0, 0.05) is 24.3 Å². The van der Waals surface area contributed by atoms with Gasteiger partial charge in [-0.05, 0) is 24.3 Å². The van der Waals surface area contributed by atoms with E-state index >= 15 is 0 Å². The normalized spacial score (nSPS) is 11.4. The predicted molar refractivity (Wildman–Crippen MR) is 98.3 cm³/mol. The number of hydrogen-bond acceptors (Lipinski definition) is 5. The van der Waals surface area contributed by atoms with Gasteiger partial charge in [0.25, 0.3) is 0 Å². The van der Waals surface area contributed by atoms with Crippen LogP contribution in [0.3, 0.4) is 0 Å². The summed E-state index contributed by atoms with van der Waals surface area (Å²) in [6.45, 7) is 0.0267. The molecule has 0 aliphatic carbocycles. The van der Waals surface area contributed by atoms with E-state index in [-0.39, 0.29) is 41.2 Å². The monoisotopic (exact) mass is 425 g/mol. The highest BCUT2D eigenvalue weighted by atomic mass is 32.2. The van der Waals surface area contributed by atoms with E-state index in [1.807, 2.05) is 0 Å². The molecular formula is C19H15F4N3O2S. The molecule has 0 aliphatic heterocycles. The first-order valence-electron chi connectivity index (χ1n) is 8.46. The zero-order valence-electron chi connectivity index (χ0n) is 14.9. The lowest BCUT2D eigenvalue weighted by Crippen LogP contribution is -2.23. The zero-order valence-corrected chi connectivity index (χ0v) is 15.7. The fraction of sp³-hybridized carbons (Fsp3) is 0.211. The van der Waals surface area contributed by atoms with Gasteiger partial charge in [-0.1, -0.05) is 30.0 Å². The molecule has 3 rings (SSSR count). The quantitative estimate of drug-likeness (QED) is 0.338. The Morgan fingerprint density at radius 1 is 1.14 bits per heavy atom. The molecule has 0 atom stereocenters. The van der Waals surface area contributed by atoms with E-state index in [9.17, 15) is 22.4 Å². The highest BCUT2D eigenvalue weighted by molar-refractivity contribution is 7.99. The Morgan fingerprint density at radius 2 is 1.93 bits per heavy atom. The molecule has 0 radical (unpaired) electrons. The minimum Gasteiger partial charge on any atom is -0.463 e. The number of nitrogens with one attached hydrogen (secondary N) is 1. The maximum atomic E-state index is 13.5. The number of alkyl halides is 3. The molecule has 0 unspecified atom stereocenters. The van der Waals surface area contributed by atoms with Crippen LogP contribution in [-0.2, 0) is 17.5 Å². The van der Waals surface area contributed by atoms with Gasteiger partial charge in [0.1, 0.15) is 17.2 Å². The van der Waals surface area contributed by atoms with Crippen molar-refractivity contribution >= 4 is 17.7 Å². The molecule has 1 amide bonds. The summed E-state index contributed by atoms with van der Waals surface area (Å²) in [4.78, 5) is 19.5. The third-order valence-electron chi connectivity index (χ3n) is 3.76. The van der Waals surface area contributed by atoms with Crippen molar-refractivity contribution in [2.75, 3.05) is 5.75 Å². The van der Waals surface area contributed by atoms with Gasteiger partial charge in [-0.3, -0.25) is 4.79 Å². The predicted octanol–water partition coefficient (Wildman–Crippen LogP) is 4.69. The summed E-state index contributed by atoms with van der Waals surface area (Å²) in [6, 6.07) is 9.88. The maximum absolute atomic E-state index is 13.5. The van der Waals surface area contributed by atoms with E-state index in [0.29, 0.717) is 5.56 Å². The zero-order chi connectivity index (χ0) is 20.9. The molecule has 0 aliphatic rings. The largest absolute Gasteiger partial charge is 0.463 e. The van der Waals surface area contributed by atoms with Crippen LogP contribution in [0.5, 0.6) is 0 Å². The fourth-order valence-corrected chi connectivity index (χ4v) is 3.14. The number of rotatable bonds is 7. The molecule has 29 heavy (non-hydrogen) atoms. The Bertz CT molecular complexity index is 978. The molecule has 152 valence electrons. The number of thioether (sulfide) groups is 1. The van der Waals surface area contributed by atoms with Gasteiger partial charge in [-0.25, -0.2) is 14.4 Å². The molecule has 3 aromatic rings. The van der Waals surface area contributed by atoms with Gasteiger partial charge in [-0.15, -0.1) is 0 Å². The van der Waals surface area contributed by atoms with E-state index in [1.165, 1.54) is 24.5 Å². The number of amides is 1. The summed E-state index contributed by atoms with van der Waals surface area (Å²) < 4.78 is 58.0. The molecule has 0 fully saturated rings. The second kappa shape index (κ2) is 9.08. The number of carbonyl (C=O) groups excluding carboxylic acids is 1. The van der Waals surface area contributed by atoms with Crippen LogP contribution in [0, 0.1) is 5.82 Å². The van der Waals surface area contributed by atoms with E-state index in [1.54, 1.807) is 18.2 Å². The molecule has 2 aromatic heterocycles. The lowest BCUT2D eigenvalue weighted by molar-refractivity contribution is -0.141. The van der Waals surface area contributed by atoms with Crippen LogP contribution in [0.15, 0.2) is 58.3 Å². The molecule has 0 spiro atoms. The first kappa shape index (κ1) is 20.8. The van der Waals surface area contributed by atoms with Gasteiger partial charge < -0.3 is 9.73 Å². The summed E-state index contributed by atoms with van der Waals surface area (Å²) in [7, 11) is 0. The summed E-state index contributed by atoms with van der Waals surface area (Å²) in [5.41, 5.74) is -0.743. The van der Waals surface area contributed by atoms with Gasteiger partial charge >= 0.3 is 6.18 Å². The number of aromatic nitrogens is 2. The van der Waals surface area contributed by atoms with Crippen LogP contribution >= 0.6 is 11.8 Å². The lowest BCUT2D eigenvalue weighted by Gasteiger charge is -2.09. The van der Waals surface area contributed by atoms with Crippen molar-refractivity contribution in [2.45, 2.75) is 24.3 Å². The van der Waals surface area contributed by atoms with Gasteiger partial charge in [0.05, 0.1) is 6.26 Å². The Hall–Kier alpha value is -2.88. The molecule has 0 bridgehead atoms. The summed E-state index contributed by atoms with van der Waals surface area (Å²) in [5, 5.41) is 2.45. The molecule has 2 heterocycles. The van der Waals surface area contributed by atoms with Crippen LogP contribution in [0.25, 0.3) is 11.5 Å². The first-order chi connectivity index (χ1) is 13.8. The molecule has 0 saturated heterocycles. The van der Waals surface area contributed by atoms with Crippen molar-refractivity contribution in [1.82, 2.24) is 15.3 Å². The van der Waals surface area contributed by atoms with Crippen molar-refractivity contribution in [3.63, 3.8) is 0 Å². The third kappa shape index (κ3) is 5.80. The number of hydrogen-bond donors (Lipinski definition) is 1. The second-order valence-electron chi connectivity index (χ2n) is 5.86. The fourth-order valence-electron chi connectivity index (χ4n) is 2.34. The summed E-state index contributed by atoms with van der Waals surface area (Å²) in [6.07, 6.45) is -3.30. The number of furan rings is 1.